The summed E-state index contributed by atoms with van der Waals surface area (Å²) in [6.07, 6.45) is 0.0153. The Morgan fingerprint density at radius 3 is 2.18 bits per heavy atom. The van der Waals surface area contributed by atoms with Gasteiger partial charge in [0.2, 0.25) is 5.91 Å². The molecule has 2 unspecified atom stereocenters. The average Bonchev–Trinajstić information content (AvgIpc) is 2.82. The number of carboxylic acids is 1. The molecule has 1 rings (SSSR count). The molecule has 0 aromatic rings. The number of esters is 2. The van der Waals surface area contributed by atoms with E-state index in [0.29, 0.717) is 6.42 Å². The molecule has 1 heterocycles. The van der Waals surface area contributed by atoms with E-state index in [0.717, 1.165) is 4.90 Å². The van der Waals surface area contributed by atoms with Crippen molar-refractivity contribution >= 4 is 23.8 Å². The molecule has 0 saturated carbocycles. The fraction of sp³-hybridized carbons (Fsp3) is 0.714. The molecule has 8 nitrogen and oxygen atoms in total. The highest BCUT2D eigenvalue weighted by atomic mass is 16.5. The first-order chi connectivity index (χ1) is 10.4. The Morgan fingerprint density at radius 1 is 1.05 bits per heavy atom. The number of rotatable bonds is 7. The van der Waals surface area contributed by atoms with Crippen LogP contribution >= 0.6 is 0 Å². The van der Waals surface area contributed by atoms with Gasteiger partial charge in [-0.1, -0.05) is 0 Å². The summed E-state index contributed by atoms with van der Waals surface area (Å²) in [4.78, 5) is 47.5. The zero-order valence-electron chi connectivity index (χ0n) is 12.7. The molecule has 0 aromatic heterocycles. The van der Waals surface area contributed by atoms with Crippen molar-refractivity contribution in [2.75, 3.05) is 13.2 Å². The van der Waals surface area contributed by atoms with Gasteiger partial charge in [0.05, 0.1) is 19.6 Å². The molecule has 1 amide bonds. The molecule has 0 aromatic carbocycles. The van der Waals surface area contributed by atoms with Gasteiger partial charge in [-0.15, -0.1) is 0 Å². The Kier molecular flexibility index (Phi) is 6.81. The first-order valence-corrected chi connectivity index (χ1v) is 7.25. The van der Waals surface area contributed by atoms with Crippen LogP contribution in [-0.2, 0) is 28.7 Å². The standard InChI is InChI=1S/C14H21NO7/c1-3-21-12(17)7-9-5-6-10(14(19)20)15(9)11(16)8-13(18)22-4-2/h9-10H,3-8H2,1-2H3,(H,19,20). The number of likely N-dealkylation sites (tertiary alicyclic amines) is 1. The molecule has 22 heavy (non-hydrogen) atoms. The van der Waals surface area contributed by atoms with E-state index in [4.69, 9.17) is 9.47 Å². The highest BCUT2D eigenvalue weighted by molar-refractivity contribution is 5.96. The van der Waals surface area contributed by atoms with E-state index in [9.17, 15) is 24.3 Å². The number of amides is 1. The predicted molar refractivity (Wildman–Crippen MR) is 73.8 cm³/mol. The van der Waals surface area contributed by atoms with E-state index in [1.807, 2.05) is 0 Å². The maximum atomic E-state index is 12.2. The van der Waals surface area contributed by atoms with Crippen molar-refractivity contribution < 1.29 is 33.8 Å². The fourth-order valence-electron chi connectivity index (χ4n) is 2.54. The van der Waals surface area contributed by atoms with E-state index >= 15 is 0 Å². The van der Waals surface area contributed by atoms with Crippen LogP contribution in [0.25, 0.3) is 0 Å². The summed E-state index contributed by atoms with van der Waals surface area (Å²) in [7, 11) is 0. The van der Waals surface area contributed by atoms with Gasteiger partial charge in [0.25, 0.3) is 0 Å². The van der Waals surface area contributed by atoms with Crippen LogP contribution in [0.1, 0.15) is 39.5 Å². The second-order valence-corrected chi connectivity index (χ2v) is 4.88. The number of hydrogen-bond donors (Lipinski definition) is 1. The first kappa shape index (κ1) is 17.9. The number of aliphatic carboxylic acids is 1. The molecular formula is C14H21NO7. The van der Waals surface area contributed by atoms with Crippen molar-refractivity contribution in [3.8, 4) is 0 Å². The van der Waals surface area contributed by atoms with E-state index in [1.165, 1.54) is 0 Å². The average molecular weight is 315 g/mol. The van der Waals surface area contributed by atoms with E-state index in [1.54, 1.807) is 13.8 Å². The van der Waals surface area contributed by atoms with Crippen LogP contribution < -0.4 is 0 Å². The summed E-state index contributed by atoms with van der Waals surface area (Å²) in [6.45, 7) is 3.63. The van der Waals surface area contributed by atoms with Gasteiger partial charge >= 0.3 is 17.9 Å². The highest BCUT2D eigenvalue weighted by Crippen LogP contribution is 2.28. The quantitative estimate of drug-likeness (QED) is 0.532. The lowest BCUT2D eigenvalue weighted by molar-refractivity contribution is -0.156. The van der Waals surface area contributed by atoms with Gasteiger partial charge in [-0.3, -0.25) is 14.4 Å². The number of carboxylic acid groups (broad SMARTS) is 1. The lowest BCUT2D eigenvalue weighted by atomic mass is 10.1. The van der Waals surface area contributed by atoms with E-state index in [2.05, 4.69) is 0 Å². The topological polar surface area (TPSA) is 110 Å². The number of carbonyl (C=O) groups excluding carboxylic acids is 3. The minimum atomic E-state index is -1.15. The lowest BCUT2D eigenvalue weighted by Gasteiger charge is -2.27. The Hall–Kier alpha value is -2.12. The van der Waals surface area contributed by atoms with Crippen LogP contribution in [0.3, 0.4) is 0 Å². The summed E-state index contributed by atoms with van der Waals surface area (Å²) in [5.41, 5.74) is 0. The number of hydrogen-bond acceptors (Lipinski definition) is 6. The van der Waals surface area contributed by atoms with Crippen LogP contribution in [0.2, 0.25) is 0 Å². The third kappa shape index (κ3) is 4.71. The highest BCUT2D eigenvalue weighted by Gasteiger charge is 2.42. The maximum absolute atomic E-state index is 12.2. The van der Waals surface area contributed by atoms with Crippen molar-refractivity contribution in [1.82, 2.24) is 4.90 Å². The van der Waals surface area contributed by atoms with Crippen molar-refractivity contribution in [2.45, 2.75) is 51.6 Å². The summed E-state index contributed by atoms with van der Waals surface area (Å²) in [5.74, 6) is -2.99. The zero-order valence-corrected chi connectivity index (χ0v) is 12.7. The monoisotopic (exact) mass is 315 g/mol. The minimum Gasteiger partial charge on any atom is -0.480 e. The van der Waals surface area contributed by atoms with Gasteiger partial charge in [0, 0.05) is 6.04 Å². The Morgan fingerprint density at radius 2 is 1.64 bits per heavy atom. The van der Waals surface area contributed by atoms with Crippen molar-refractivity contribution in [3.63, 3.8) is 0 Å². The number of ether oxygens (including phenoxy) is 2. The second-order valence-electron chi connectivity index (χ2n) is 4.88. The molecule has 0 bridgehead atoms. The van der Waals surface area contributed by atoms with Gasteiger partial charge in [0.15, 0.2) is 0 Å². The Balaban J connectivity index is 2.79. The smallest absolute Gasteiger partial charge is 0.326 e. The molecule has 0 aliphatic carbocycles. The molecule has 2 atom stereocenters. The fourth-order valence-corrected chi connectivity index (χ4v) is 2.54. The molecule has 1 fully saturated rings. The van der Waals surface area contributed by atoms with Gasteiger partial charge in [0.1, 0.15) is 12.5 Å². The Bertz CT molecular complexity index is 448. The van der Waals surface area contributed by atoms with Crippen molar-refractivity contribution in [3.05, 3.63) is 0 Å². The molecule has 0 radical (unpaired) electrons. The first-order valence-electron chi connectivity index (χ1n) is 7.25. The lowest BCUT2D eigenvalue weighted by Crippen LogP contribution is -2.46. The zero-order chi connectivity index (χ0) is 16.7. The number of nitrogens with zero attached hydrogens (tertiary/aromatic N) is 1. The predicted octanol–water partition coefficient (Wildman–Crippen LogP) is 0.337. The van der Waals surface area contributed by atoms with Crippen LogP contribution in [0.15, 0.2) is 0 Å². The van der Waals surface area contributed by atoms with Crippen LogP contribution in [0.4, 0.5) is 0 Å². The Labute approximate surface area is 128 Å². The van der Waals surface area contributed by atoms with Gasteiger partial charge < -0.3 is 19.5 Å². The minimum absolute atomic E-state index is 0.0772. The maximum Gasteiger partial charge on any atom is 0.326 e. The molecule has 124 valence electrons. The third-order valence-electron chi connectivity index (χ3n) is 3.38. The summed E-state index contributed by atoms with van der Waals surface area (Å²) in [5, 5.41) is 9.20. The SMILES string of the molecule is CCOC(=O)CC(=O)N1C(CC(=O)OCC)CCC1C(=O)O. The molecule has 1 N–H and O–H groups in total. The molecule has 1 aliphatic heterocycles. The molecule has 0 spiro atoms. The largest absolute Gasteiger partial charge is 0.480 e. The van der Waals surface area contributed by atoms with E-state index in [-0.39, 0.29) is 26.1 Å². The summed E-state index contributed by atoms with van der Waals surface area (Å²) >= 11 is 0. The van der Waals surface area contributed by atoms with Crippen molar-refractivity contribution in [2.24, 2.45) is 0 Å². The van der Waals surface area contributed by atoms with Gasteiger partial charge in [-0.25, -0.2) is 4.79 Å². The van der Waals surface area contributed by atoms with Crippen LogP contribution in [0, 0.1) is 0 Å². The molecule has 8 heteroatoms. The van der Waals surface area contributed by atoms with Gasteiger partial charge in [-0.2, -0.15) is 0 Å². The van der Waals surface area contributed by atoms with Crippen LogP contribution in [-0.4, -0.2) is 59.1 Å². The molecule has 1 saturated heterocycles. The van der Waals surface area contributed by atoms with Gasteiger partial charge in [-0.05, 0) is 26.7 Å². The molecular weight excluding hydrogens is 294 g/mol. The molecule has 1 aliphatic rings. The van der Waals surface area contributed by atoms with Crippen molar-refractivity contribution in [1.29, 1.82) is 0 Å². The summed E-state index contributed by atoms with van der Waals surface area (Å²) < 4.78 is 9.53. The third-order valence-corrected chi connectivity index (χ3v) is 3.38. The second kappa shape index (κ2) is 8.35. The number of carbonyl (C=O) groups is 4. The summed E-state index contributed by atoms with van der Waals surface area (Å²) in [6, 6.07) is -1.59. The van der Waals surface area contributed by atoms with E-state index < -0.39 is 42.3 Å². The normalized spacial score (nSPS) is 20.5. The van der Waals surface area contributed by atoms with Crippen LogP contribution in [0.5, 0.6) is 0 Å².